The predicted octanol–water partition coefficient (Wildman–Crippen LogP) is 3.06. The van der Waals surface area contributed by atoms with Crippen molar-refractivity contribution < 1.29 is 4.79 Å². The maximum atomic E-state index is 12.2. The molecule has 0 aliphatic heterocycles. The average Bonchev–Trinajstić information content (AvgIpc) is 2.40. The lowest BCUT2D eigenvalue weighted by Gasteiger charge is -2.26. The lowest BCUT2D eigenvalue weighted by Crippen LogP contribution is -2.40. The van der Waals surface area contributed by atoms with E-state index in [1.54, 1.807) is 12.4 Å². The molecule has 2 aromatic rings. The zero-order chi connectivity index (χ0) is 13.9. The quantitative estimate of drug-likeness (QED) is 0.914. The summed E-state index contributed by atoms with van der Waals surface area (Å²) in [5.41, 5.74) is 2.42. The second-order valence-corrected chi connectivity index (χ2v) is 5.18. The number of carbonyl (C=O) groups is 1. The molecule has 0 saturated heterocycles. The summed E-state index contributed by atoms with van der Waals surface area (Å²) >= 11 is 0. The largest absolute Gasteiger partial charge is 0.343 e. The third-order valence-corrected chi connectivity index (χ3v) is 3.14. The van der Waals surface area contributed by atoms with Gasteiger partial charge >= 0.3 is 0 Å². The fourth-order valence-corrected chi connectivity index (χ4v) is 1.90. The number of aryl methyl sites for hydroxylation is 1. The molecule has 0 fully saturated rings. The van der Waals surface area contributed by atoms with Crippen molar-refractivity contribution >= 4 is 5.91 Å². The van der Waals surface area contributed by atoms with Gasteiger partial charge in [0.15, 0.2) is 0 Å². The van der Waals surface area contributed by atoms with Crippen LogP contribution in [0.4, 0.5) is 0 Å². The first-order chi connectivity index (χ1) is 8.99. The molecule has 0 radical (unpaired) electrons. The molecule has 0 aliphatic rings. The van der Waals surface area contributed by atoms with Gasteiger partial charge in [0.2, 0.25) is 0 Å². The molecule has 1 heterocycles. The van der Waals surface area contributed by atoms with E-state index < -0.39 is 5.54 Å². The van der Waals surface area contributed by atoms with E-state index in [-0.39, 0.29) is 5.91 Å². The Morgan fingerprint density at radius 3 is 2.21 bits per heavy atom. The molecule has 0 spiro atoms. The first-order valence-electron chi connectivity index (χ1n) is 6.29. The molecule has 0 unspecified atom stereocenters. The first-order valence-corrected chi connectivity index (χ1v) is 6.29. The van der Waals surface area contributed by atoms with E-state index in [2.05, 4.69) is 10.3 Å². The Morgan fingerprint density at radius 2 is 1.63 bits per heavy atom. The Balaban J connectivity index is 2.16. The van der Waals surface area contributed by atoms with Crippen molar-refractivity contribution in [3.63, 3.8) is 0 Å². The van der Waals surface area contributed by atoms with E-state index >= 15 is 0 Å². The topological polar surface area (TPSA) is 42.0 Å². The number of nitrogens with one attached hydrogen (secondary N) is 1. The number of aromatic nitrogens is 1. The standard InChI is InChI=1S/C16H18N2O/c1-12-4-6-13(7-5-12)15(19)18-16(2,3)14-8-10-17-11-9-14/h4-11H,1-3H3,(H,18,19). The smallest absolute Gasteiger partial charge is 0.251 e. The molecule has 1 N–H and O–H groups in total. The fourth-order valence-electron chi connectivity index (χ4n) is 1.90. The van der Waals surface area contributed by atoms with Crippen LogP contribution in [0.1, 0.15) is 35.3 Å². The van der Waals surface area contributed by atoms with Gasteiger partial charge < -0.3 is 5.32 Å². The summed E-state index contributed by atoms with van der Waals surface area (Å²) in [6.07, 6.45) is 3.46. The maximum Gasteiger partial charge on any atom is 0.251 e. The van der Waals surface area contributed by atoms with Gasteiger partial charge in [0.25, 0.3) is 5.91 Å². The molecule has 3 nitrogen and oxygen atoms in total. The van der Waals surface area contributed by atoms with Gasteiger partial charge in [-0.1, -0.05) is 17.7 Å². The molecule has 0 atom stereocenters. The average molecular weight is 254 g/mol. The zero-order valence-corrected chi connectivity index (χ0v) is 11.5. The lowest BCUT2D eigenvalue weighted by atomic mass is 9.95. The third-order valence-electron chi connectivity index (χ3n) is 3.14. The van der Waals surface area contributed by atoms with Crippen LogP contribution in [0.5, 0.6) is 0 Å². The minimum Gasteiger partial charge on any atom is -0.343 e. The van der Waals surface area contributed by atoms with Crippen LogP contribution >= 0.6 is 0 Å². The summed E-state index contributed by atoms with van der Waals surface area (Å²) in [6, 6.07) is 11.4. The van der Waals surface area contributed by atoms with Gasteiger partial charge in [0.05, 0.1) is 5.54 Å². The normalized spacial score (nSPS) is 11.1. The number of pyridine rings is 1. The highest BCUT2D eigenvalue weighted by molar-refractivity contribution is 5.94. The second-order valence-electron chi connectivity index (χ2n) is 5.18. The molecule has 1 aromatic heterocycles. The molecule has 19 heavy (non-hydrogen) atoms. The minimum absolute atomic E-state index is 0.0678. The number of benzene rings is 1. The Hall–Kier alpha value is -2.16. The molecule has 0 saturated carbocycles. The number of hydrogen-bond donors (Lipinski definition) is 1. The molecule has 3 heteroatoms. The molecule has 0 aliphatic carbocycles. The molecule has 1 amide bonds. The summed E-state index contributed by atoms with van der Waals surface area (Å²) in [4.78, 5) is 16.2. The Bertz CT molecular complexity index is 559. The van der Waals surface area contributed by atoms with E-state index in [0.29, 0.717) is 5.56 Å². The number of nitrogens with zero attached hydrogens (tertiary/aromatic N) is 1. The van der Waals surface area contributed by atoms with Crippen molar-refractivity contribution in [1.82, 2.24) is 10.3 Å². The number of hydrogen-bond acceptors (Lipinski definition) is 2. The summed E-state index contributed by atoms with van der Waals surface area (Å²) in [5, 5.41) is 3.04. The maximum absolute atomic E-state index is 12.2. The van der Waals surface area contributed by atoms with Gasteiger partial charge in [0, 0.05) is 18.0 Å². The van der Waals surface area contributed by atoms with Crippen molar-refractivity contribution in [3.05, 3.63) is 65.5 Å². The van der Waals surface area contributed by atoms with E-state index in [1.165, 1.54) is 0 Å². The molecular weight excluding hydrogens is 236 g/mol. The summed E-state index contributed by atoms with van der Waals surface area (Å²) in [5.74, 6) is -0.0678. The van der Waals surface area contributed by atoms with Crippen molar-refractivity contribution in [2.45, 2.75) is 26.3 Å². The van der Waals surface area contributed by atoms with Gasteiger partial charge in [0.1, 0.15) is 0 Å². The highest BCUT2D eigenvalue weighted by Crippen LogP contribution is 2.19. The molecule has 98 valence electrons. The predicted molar refractivity (Wildman–Crippen MR) is 75.9 cm³/mol. The van der Waals surface area contributed by atoms with Gasteiger partial charge in [-0.15, -0.1) is 0 Å². The van der Waals surface area contributed by atoms with Crippen LogP contribution in [0.25, 0.3) is 0 Å². The summed E-state index contributed by atoms with van der Waals surface area (Å²) < 4.78 is 0. The second kappa shape index (κ2) is 5.22. The highest BCUT2D eigenvalue weighted by atomic mass is 16.1. The highest BCUT2D eigenvalue weighted by Gasteiger charge is 2.23. The lowest BCUT2D eigenvalue weighted by molar-refractivity contribution is 0.0912. The van der Waals surface area contributed by atoms with Crippen LogP contribution in [0.3, 0.4) is 0 Å². The zero-order valence-electron chi connectivity index (χ0n) is 11.5. The Kier molecular flexibility index (Phi) is 3.65. The monoisotopic (exact) mass is 254 g/mol. The molecular formula is C16H18N2O. The van der Waals surface area contributed by atoms with Gasteiger partial charge in [-0.05, 0) is 50.6 Å². The number of amides is 1. The Morgan fingerprint density at radius 1 is 1.05 bits per heavy atom. The van der Waals surface area contributed by atoms with Crippen molar-refractivity contribution in [3.8, 4) is 0 Å². The van der Waals surface area contributed by atoms with Crippen LogP contribution < -0.4 is 5.32 Å². The summed E-state index contributed by atoms with van der Waals surface area (Å²) in [7, 11) is 0. The number of rotatable bonds is 3. The molecule has 2 rings (SSSR count). The minimum atomic E-state index is -0.426. The van der Waals surface area contributed by atoms with Crippen LogP contribution in [-0.2, 0) is 5.54 Å². The van der Waals surface area contributed by atoms with Crippen LogP contribution in [-0.4, -0.2) is 10.9 Å². The third kappa shape index (κ3) is 3.19. The van der Waals surface area contributed by atoms with E-state index in [4.69, 9.17) is 0 Å². The van der Waals surface area contributed by atoms with Gasteiger partial charge in [-0.3, -0.25) is 9.78 Å². The SMILES string of the molecule is Cc1ccc(C(=O)NC(C)(C)c2ccncc2)cc1. The van der Waals surface area contributed by atoms with Crippen molar-refractivity contribution in [2.75, 3.05) is 0 Å². The number of carbonyl (C=O) groups excluding carboxylic acids is 1. The fraction of sp³-hybridized carbons (Fsp3) is 0.250. The molecule has 1 aromatic carbocycles. The van der Waals surface area contributed by atoms with E-state index in [9.17, 15) is 4.79 Å². The van der Waals surface area contributed by atoms with Crippen LogP contribution in [0.2, 0.25) is 0 Å². The molecule has 0 bridgehead atoms. The van der Waals surface area contributed by atoms with Gasteiger partial charge in [-0.2, -0.15) is 0 Å². The van der Waals surface area contributed by atoms with Crippen LogP contribution in [0.15, 0.2) is 48.8 Å². The van der Waals surface area contributed by atoms with E-state index in [0.717, 1.165) is 11.1 Å². The summed E-state index contributed by atoms with van der Waals surface area (Å²) in [6.45, 7) is 5.96. The van der Waals surface area contributed by atoms with Crippen LogP contribution in [0, 0.1) is 6.92 Å². The Labute approximate surface area is 113 Å². The van der Waals surface area contributed by atoms with Gasteiger partial charge in [-0.25, -0.2) is 0 Å². The first kappa shape index (κ1) is 13.3. The van der Waals surface area contributed by atoms with Crippen molar-refractivity contribution in [1.29, 1.82) is 0 Å². The van der Waals surface area contributed by atoms with Crippen molar-refractivity contribution in [2.24, 2.45) is 0 Å². The van der Waals surface area contributed by atoms with E-state index in [1.807, 2.05) is 57.2 Å².